The van der Waals surface area contributed by atoms with E-state index in [2.05, 4.69) is 5.32 Å². The van der Waals surface area contributed by atoms with Crippen molar-refractivity contribution in [3.63, 3.8) is 0 Å². The van der Waals surface area contributed by atoms with Gasteiger partial charge in [-0.1, -0.05) is 0 Å². The number of carbonyl (C=O) groups excluding carboxylic acids is 1. The monoisotopic (exact) mass is 197 g/mol. The van der Waals surface area contributed by atoms with Gasteiger partial charge in [-0.2, -0.15) is 0 Å². The van der Waals surface area contributed by atoms with E-state index in [1.165, 1.54) is 12.8 Å². The Morgan fingerprint density at radius 1 is 1.21 bits per heavy atom. The SMILES string of the molecule is O=C(OC1CCCC1)N1CC[N]CC1. The third-order valence-electron chi connectivity index (χ3n) is 2.88. The van der Waals surface area contributed by atoms with E-state index in [-0.39, 0.29) is 12.2 Å². The highest BCUT2D eigenvalue weighted by molar-refractivity contribution is 5.68. The molecule has 2 fully saturated rings. The summed E-state index contributed by atoms with van der Waals surface area (Å²) in [5.41, 5.74) is 0. The molecular formula is C10H17N2O2. The van der Waals surface area contributed by atoms with Gasteiger partial charge in [-0.25, -0.2) is 10.1 Å². The first-order valence-corrected chi connectivity index (χ1v) is 5.45. The molecule has 0 spiro atoms. The fourth-order valence-electron chi connectivity index (χ4n) is 2.01. The van der Waals surface area contributed by atoms with Gasteiger partial charge in [0.15, 0.2) is 0 Å². The number of amides is 1. The summed E-state index contributed by atoms with van der Waals surface area (Å²) >= 11 is 0. The second-order valence-electron chi connectivity index (χ2n) is 3.95. The standard InChI is InChI=1S/C10H17N2O2/c13-10(12-7-5-11-6-8-12)14-9-3-1-2-4-9/h9H,1-8H2. The molecule has 0 bridgehead atoms. The Hall–Kier alpha value is -0.770. The Balaban J connectivity index is 1.75. The molecule has 0 atom stereocenters. The quantitative estimate of drug-likeness (QED) is 0.629. The van der Waals surface area contributed by atoms with Crippen LogP contribution in [0, 0.1) is 0 Å². The van der Waals surface area contributed by atoms with E-state index in [4.69, 9.17) is 4.74 Å². The van der Waals surface area contributed by atoms with Gasteiger partial charge in [0.05, 0.1) is 0 Å². The topological polar surface area (TPSA) is 43.6 Å². The van der Waals surface area contributed by atoms with Gasteiger partial charge < -0.3 is 9.64 Å². The van der Waals surface area contributed by atoms with Gasteiger partial charge in [-0.3, -0.25) is 0 Å². The molecule has 1 radical (unpaired) electrons. The zero-order valence-electron chi connectivity index (χ0n) is 8.45. The van der Waals surface area contributed by atoms with E-state index in [0.29, 0.717) is 0 Å². The molecule has 14 heavy (non-hydrogen) atoms. The maximum Gasteiger partial charge on any atom is 0.410 e. The van der Waals surface area contributed by atoms with Crippen LogP contribution in [0.5, 0.6) is 0 Å². The lowest BCUT2D eigenvalue weighted by molar-refractivity contribution is 0.0619. The minimum Gasteiger partial charge on any atom is -0.446 e. The molecule has 4 heteroatoms. The van der Waals surface area contributed by atoms with Crippen LogP contribution in [0.15, 0.2) is 0 Å². The van der Waals surface area contributed by atoms with Crippen LogP contribution in [-0.2, 0) is 4.74 Å². The normalized spacial score (nSPS) is 23.9. The highest BCUT2D eigenvalue weighted by atomic mass is 16.6. The number of ether oxygens (including phenoxy) is 1. The van der Waals surface area contributed by atoms with Crippen molar-refractivity contribution in [3.05, 3.63) is 0 Å². The van der Waals surface area contributed by atoms with Crippen molar-refractivity contribution in [1.29, 1.82) is 0 Å². The number of carbonyl (C=O) groups is 1. The summed E-state index contributed by atoms with van der Waals surface area (Å²) in [5, 5.41) is 4.19. The van der Waals surface area contributed by atoms with Crippen molar-refractivity contribution in [3.8, 4) is 0 Å². The van der Waals surface area contributed by atoms with Crippen LogP contribution in [0.25, 0.3) is 0 Å². The van der Waals surface area contributed by atoms with Gasteiger partial charge >= 0.3 is 6.09 Å². The summed E-state index contributed by atoms with van der Waals surface area (Å²) in [6.07, 6.45) is 4.54. The minimum atomic E-state index is -0.133. The Labute approximate surface area is 84.6 Å². The molecule has 0 aromatic carbocycles. The summed E-state index contributed by atoms with van der Waals surface area (Å²) in [7, 11) is 0. The van der Waals surface area contributed by atoms with E-state index in [1.807, 2.05) is 0 Å². The summed E-state index contributed by atoms with van der Waals surface area (Å²) < 4.78 is 5.40. The average molecular weight is 197 g/mol. The third kappa shape index (κ3) is 2.38. The summed E-state index contributed by atoms with van der Waals surface area (Å²) in [5.74, 6) is 0. The molecule has 2 rings (SSSR count). The first-order valence-electron chi connectivity index (χ1n) is 5.45. The molecule has 0 aromatic rings. The van der Waals surface area contributed by atoms with E-state index >= 15 is 0 Å². The van der Waals surface area contributed by atoms with Crippen molar-refractivity contribution in [2.45, 2.75) is 31.8 Å². The summed E-state index contributed by atoms with van der Waals surface area (Å²) in [6, 6.07) is 0. The van der Waals surface area contributed by atoms with Crippen molar-refractivity contribution in [2.75, 3.05) is 26.2 Å². The molecular weight excluding hydrogens is 180 g/mol. The maximum absolute atomic E-state index is 11.6. The fourth-order valence-corrected chi connectivity index (χ4v) is 2.01. The van der Waals surface area contributed by atoms with Crippen LogP contribution in [-0.4, -0.2) is 43.3 Å². The Bertz CT molecular complexity index is 196. The number of hydrogen-bond acceptors (Lipinski definition) is 2. The van der Waals surface area contributed by atoms with E-state index in [0.717, 1.165) is 39.0 Å². The highest BCUT2D eigenvalue weighted by Crippen LogP contribution is 2.21. The smallest absolute Gasteiger partial charge is 0.410 e. The lowest BCUT2D eigenvalue weighted by Gasteiger charge is -2.27. The number of nitrogens with zero attached hydrogens (tertiary/aromatic N) is 2. The lowest BCUT2D eigenvalue weighted by atomic mass is 10.3. The zero-order chi connectivity index (χ0) is 9.80. The van der Waals surface area contributed by atoms with Gasteiger partial charge in [0.2, 0.25) is 0 Å². The highest BCUT2D eigenvalue weighted by Gasteiger charge is 2.23. The second-order valence-corrected chi connectivity index (χ2v) is 3.95. The Kier molecular flexibility index (Phi) is 3.24. The van der Waals surface area contributed by atoms with Crippen LogP contribution >= 0.6 is 0 Å². The fraction of sp³-hybridized carbons (Fsp3) is 0.900. The van der Waals surface area contributed by atoms with Crippen molar-refractivity contribution < 1.29 is 9.53 Å². The summed E-state index contributed by atoms with van der Waals surface area (Å²) in [6.45, 7) is 2.98. The van der Waals surface area contributed by atoms with Crippen molar-refractivity contribution in [1.82, 2.24) is 10.2 Å². The summed E-state index contributed by atoms with van der Waals surface area (Å²) in [4.78, 5) is 13.4. The van der Waals surface area contributed by atoms with Crippen LogP contribution < -0.4 is 5.32 Å². The van der Waals surface area contributed by atoms with Crippen molar-refractivity contribution >= 4 is 6.09 Å². The Morgan fingerprint density at radius 3 is 2.50 bits per heavy atom. The molecule has 1 heterocycles. The molecule has 1 aliphatic heterocycles. The second kappa shape index (κ2) is 4.64. The van der Waals surface area contributed by atoms with Crippen molar-refractivity contribution in [2.24, 2.45) is 0 Å². The largest absolute Gasteiger partial charge is 0.446 e. The molecule has 1 amide bonds. The average Bonchev–Trinajstić information content (AvgIpc) is 2.72. The predicted molar refractivity (Wildman–Crippen MR) is 52.2 cm³/mol. The van der Waals surface area contributed by atoms with E-state index in [9.17, 15) is 4.79 Å². The van der Waals surface area contributed by atoms with Gasteiger partial charge in [-0.05, 0) is 25.7 Å². The molecule has 4 nitrogen and oxygen atoms in total. The molecule has 0 unspecified atom stereocenters. The van der Waals surface area contributed by atoms with Gasteiger partial charge in [0, 0.05) is 26.2 Å². The molecule has 1 aliphatic carbocycles. The number of rotatable bonds is 1. The molecule has 2 aliphatic rings. The number of hydrogen-bond donors (Lipinski definition) is 0. The van der Waals surface area contributed by atoms with E-state index in [1.54, 1.807) is 4.90 Å². The van der Waals surface area contributed by atoms with Crippen LogP contribution in [0.2, 0.25) is 0 Å². The molecule has 1 saturated carbocycles. The van der Waals surface area contributed by atoms with Gasteiger partial charge in [-0.15, -0.1) is 0 Å². The molecule has 1 saturated heterocycles. The maximum atomic E-state index is 11.6. The van der Waals surface area contributed by atoms with Crippen LogP contribution in [0.3, 0.4) is 0 Å². The third-order valence-corrected chi connectivity index (χ3v) is 2.88. The lowest BCUT2D eigenvalue weighted by Crippen LogP contribution is -2.44. The predicted octanol–water partition coefficient (Wildman–Crippen LogP) is 0.986. The molecule has 0 aromatic heterocycles. The van der Waals surface area contributed by atoms with E-state index < -0.39 is 0 Å². The van der Waals surface area contributed by atoms with Gasteiger partial charge in [0.25, 0.3) is 0 Å². The van der Waals surface area contributed by atoms with Gasteiger partial charge in [0.1, 0.15) is 6.10 Å². The first-order chi connectivity index (χ1) is 6.86. The number of piperazine rings is 1. The first kappa shape index (κ1) is 9.77. The van der Waals surface area contributed by atoms with Crippen LogP contribution in [0.1, 0.15) is 25.7 Å². The zero-order valence-corrected chi connectivity index (χ0v) is 8.45. The molecule has 79 valence electrons. The minimum absolute atomic E-state index is 0.133. The van der Waals surface area contributed by atoms with Crippen LogP contribution in [0.4, 0.5) is 4.79 Å². The molecule has 0 N–H and O–H groups in total. The Morgan fingerprint density at radius 2 is 1.86 bits per heavy atom.